The van der Waals surface area contributed by atoms with Crippen LogP contribution >= 0.6 is 15.9 Å². The molecule has 13 heteroatoms. The first kappa shape index (κ1) is 25.9. The fourth-order valence-corrected chi connectivity index (χ4v) is 4.68. The predicted molar refractivity (Wildman–Crippen MR) is 136 cm³/mol. The first-order valence-electron chi connectivity index (χ1n) is 10.9. The van der Waals surface area contributed by atoms with Gasteiger partial charge in [0.25, 0.3) is 11.4 Å². The molecule has 0 atom stereocenters. The van der Waals surface area contributed by atoms with Gasteiger partial charge >= 0.3 is 0 Å². The maximum Gasteiger partial charge on any atom is 0.294 e. The van der Waals surface area contributed by atoms with Gasteiger partial charge in [-0.25, -0.2) is 0 Å². The van der Waals surface area contributed by atoms with Crippen LogP contribution < -0.4 is 21.3 Å². The molecule has 0 radical (unpaired) electrons. The third-order valence-electron chi connectivity index (χ3n) is 5.47. The Morgan fingerprint density at radius 1 is 0.886 bits per heavy atom. The number of nitrogens with one attached hydrogen (secondary N) is 4. The summed E-state index contributed by atoms with van der Waals surface area (Å²) in [7, 11) is 0. The van der Waals surface area contributed by atoms with Gasteiger partial charge in [-0.15, -0.1) is 0 Å². The molecule has 35 heavy (non-hydrogen) atoms. The van der Waals surface area contributed by atoms with Crippen LogP contribution in [-0.2, 0) is 22.4 Å². The van der Waals surface area contributed by atoms with Crippen LogP contribution in [0.3, 0.4) is 0 Å². The molecule has 0 bridgehead atoms. The second kappa shape index (κ2) is 11.1. The van der Waals surface area contributed by atoms with E-state index >= 15 is 0 Å². The Morgan fingerprint density at radius 3 is 2.00 bits per heavy atom. The highest BCUT2D eigenvalue weighted by Gasteiger charge is 2.26. The lowest BCUT2D eigenvalue weighted by molar-refractivity contribution is -0.384. The highest BCUT2D eigenvalue weighted by Crippen LogP contribution is 2.42. The number of carbonyl (C=O) groups excluding carboxylic acids is 2. The monoisotopic (exact) mass is 548 g/mol. The molecular weight excluding hydrogens is 524 g/mol. The third-order valence-corrected chi connectivity index (χ3v) is 6.10. The zero-order valence-corrected chi connectivity index (χ0v) is 20.8. The molecule has 0 fully saturated rings. The quantitative estimate of drug-likeness (QED) is 0.317. The summed E-state index contributed by atoms with van der Waals surface area (Å²) in [6.07, 6.45) is 3.23. The first-order valence-corrected chi connectivity index (χ1v) is 11.7. The molecule has 0 saturated carbocycles. The van der Waals surface area contributed by atoms with Gasteiger partial charge in [0.2, 0.25) is 11.8 Å². The van der Waals surface area contributed by atoms with E-state index in [-0.39, 0.29) is 23.2 Å². The number of amides is 2. The Balaban J connectivity index is 0.000000196. The van der Waals surface area contributed by atoms with Crippen LogP contribution in [0.2, 0.25) is 0 Å². The smallest absolute Gasteiger partial charge is 0.294 e. The summed E-state index contributed by atoms with van der Waals surface area (Å²) in [5.41, 5.74) is 3.80. The van der Waals surface area contributed by atoms with Gasteiger partial charge in [0.15, 0.2) is 0 Å². The van der Waals surface area contributed by atoms with Crippen LogP contribution in [0, 0.1) is 20.2 Å². The Labute approximate surface area is 209 Å². The Bertz CT molecular complexity index is 1200. The van der Waals surface area contributed by atoms with E-state index < -0.39 is 9.85 Å². The van der Waals surface area contributed by atoms with Gasteiger partial charge in [0.1, 0.15) is 11.4 Å². The van der Waals surface area contributed by atoms with E-state index in [1.165, 1.54) is 26.0 Å². The Morgan fingerprint density at radius 2 is 1.43 bits per heavy atom. The second-order valence-electron chi connectivity index (χ2n) is 8.03. The average molecular weight is 549 g/mol. The molecule has 0 saturated heterocycles. The molecule has 2 aromatic carbocycles. The number of hydrogen-bond donors (Lipinski definition) is 4. The predicted octanol–water partition coefficient (Wildman–Crippen LogP) is 4.59. The minimum atomic E-state index is -0.481. The lowest BCUT2D eigenvalue weighted by Crippen LogP contribution is -2.17. The van der Waals surface area contributed by atoms with Crippen molar-refractivity contribution < 1.29 is 19.4 Å². The third kappa shape index (κ3) is 6.04. The largest absolute Gasteiger partial charge is 0.385 e. The first-order chi connectivity index (χ1) is 16.6. The van der Waals surface area contributed by atoms with E-state index in [4.69, 9.17) is 0 Å². The fourth-order valence-electron chi connectivity index (χ4n) is 4.08. The summed E-state index contributed by atoms with van der Waals surface area (Å²) in [6.45, 7) is 4.36. The van der Waals surface area contributed by atoms with Gasteiger partial charge in [0, 0.05) is 60.4 Å². The molecule has 2 aliphatic rings. The maximum atomic E-state index is 11.2. The van der Waals surface area contributed by atoms with Crippen molar-refractivity contribution in [1.29, 1.82) is 0 Å². The van der Waals surface area contributed by atoms with Crippen molar-refractivity contribution in [1.82, 2.24) is 0 Å². The van der Waals surface area contributed by atoms with Crippen molar-refractivity contribution in [3.8, 4) is 0 Å². The van der Waals surface area contributed by atoms with Crippen molar-refractivity contribution in [3.63, 3.8) is 0 Å². The number of carbonyl (C=O) groups is 2. The van der Waals surface area contributed by atoms with Crippen LogP contribution in [0.4, 0.5) is 34.1 Å². The SMILES string of the molecule is CC(=O)Nc1c([N+](=O)[O-])cc(Br)c2c1CCCN2.CC(=O)Nc1c([N+](=O)[O-])ccc2c1CCCN2. The molecule has 2 aliphatic heterocycles. The van der Waals surface area contributed by atoms with E-state index in [1.54, 1.807) is 6.07 Å². The normalized spacial score (nSPS) is 13.5. The van der Waals surface area contributed by atoms with E-state index in [1.807, 2.05) is 0 Å². The standard InChI is InChI=1S/C11H12BrN3O3.C11H13N3O3/c1-6(16)14-11-7-3-2-4-13-10(7)8(12)5-9(11)15(17)18;1-7(15)13-11-8-3-2-6-12-9(8)4-5-10(11)14(16)17/h5,13H,2-4H2,1H3,(H,14,16);4-5,12H,2-3,6H2,1H3,(H,13,15). The van der Waals surface area contributed by atoms with E-state index in [0.717, 1.165) is 54.9 Å². The minimum Gasteiger partial charge on any atom is -0.385 e. The number of fused-ring (bicyclic) bond motifs is 2. The lowest BCUT2D eigenvalue weighted by Gasteiger charge is -2.22. The highest BCUT2D eigenvalue weighted by atomic mass is 79.9. The maximum absolute atomic E-state index is 11.2. The van der Waals surface area contributed by atoms with Crippen molar-refractivity contribution in [2.24, 2.45) is 0 Å². The van der Waals surface area contributed by atoms with Crippen molar-refractivity contribution in [2.75, 3.05) is 34.4 Å². The molecule has 12 nitrogen and oxygen atoms in total. The molecular formula is C22H25BrN6O6. The number of hydrogen-bond acceptors (Lipinski definition) is 8. The summed E-state index contributed by atoms with van der Waals surface area (Å²) in [5.74, 6) is -0.611. The topological polar surface area (TPSA) is 169 Å². The van der Waals surface area contributed by atoms with E-state index in [9.17, 15) is 29.8 Å². The highest BCUT2D eigenvalue weighted by molar-refractivity contribution is 9.10. The summed E-state index contributed by atoms with van der Waals surface area (Å²) in [4.78, 5) is 43.3. The van der Waals surface area contributed by atoms with Gasteiger partial charge in [-0.2, -0.15) is 0 Å². The van der Waals surface area contributed by atoms with Crippen LogP contribution in [-0.4, -0.2) is 34.8 Å². The zero-order chi connectivity index (χ0) is 25.7. The van der Waals surface area contributed by atoms with Gasteiger partial charge in [-0.3, -0.25) is 29.8 Å². The zero-order valence-electron chi connectivity index (χ0n) is 19.2. The molecule has 2 aromatic rings. The number of halogens is 1. The Hall–Kier alpha value is -3.74. The van der Waals surface area contributed by atoms with Crippen molar-refractivity contribution in [2.45, 2.75) is 39.5 Å². The van der Waals surface area contributed by atoms with Crippen LogP contribution in [0.25, 0.3) is 0 Å². The van der Waals surface area contributed by atoms with Gasteiger partial charge < -0.3 is 21.3 Å². The molecule has 0 aromatic heterocycles. The number of nitro benzene ring substituents is 2. The second-order valence-corrected chi connectivity index (χ2v) is 8.88. The van der Waals surface area contributed by atoms with Crippen molar-refractivity contribution in [3.05, 3.63) is 54.0 Å². The molecule has 4 rings (SSSR count). The van der Waals surface area contributed by atoms with Crippen LogP contribution in [0.1, 0.15) is 37.8 Å². The van der Waals surface area contributed by atoms with E-state index in [2.05, 4.69) is 37.2 Å². The van der Waals surface area contributed by atoms with Crippen LogP contribution in [0.5, 0.6) is 0 Å². The van der Waals surface area contributed by atoms with E-state index in [0.29, 0.717) is 22.3 Å². The number of benzene rings is 2. The van der Waals surface area contributed by atoms with Gasteiger partial charge in [-0.1, -0.05) is 0 Å². The fraction of sp³-hybridized carbons (Fsp3) is 0.364. The lowest BCUT2D eigenvalue weighted by atomic mass is 10.00. The molecule has 0 aliphatic carbocycles. The Kier molecular flexibility index (Phi) is 8.22. The molecule has 0 spiro atoms. The molecule has 4 N–H and O–H groups in total. The number of rotatable bonds is 4. The van der Waals surface area contributed by atoms with Gasteiger partial charge in [-0.05, 0) is 47.7 Å². The summed E-state index contributed by atoms with van der Waals surface area (Å²) >= 11 is 3.32. The molecule has 2 amide bonds. The van der Waals surface area contributed by atoms with Gasteiger partial charge in [0.05, 0.1) is 15.5 Å². The summed E-state index contributed by atoms with van der Waals surface area (Å²) < 4.78 is 0.651. The van der Waals surface area contributed by atoms with Crippen molar-refractivity contribution >= 4 is 61.9 Å². The summed E-state index contributed by atoms with van der Waals surface area (Å²) in [6, 6.07) is 4.53. The molecule has 0 unspecified atom stereocenters. The minimum absolute atomic E-state index is 0.0531. The number of anilines is 4. The number of nitrogens with zero attached hydrogens (tertiary/aromatic N) is 2. The summed E-state index contributed by atoms with van der Waals surface area (Å²) in [5, 5.41) is 33.5. The number of nitro groups is 2. The molecule has 186 valence electrons. The molecule has 2 heterocycles. The average Bonchev–Trinajstić information content (AvgIpc) is 2.80. The van der Waals surface area contributed by atoms with Crippen LogP contribution in [0.15, 0.2) is 22.7 Å².